The van der Waals surface area contributed by atoms with Crippen molar-refractivity contribution in [2.24, 2.45) is 10.8 Å². The van der Waals surface area contributed by atoms with Crippen molar-refractivity contribution in [1.82, 2.24) is 10.7 Å². The molecule has 2 saturated carbocycles. The zero-order chi connectivity index (χ0) is 11.4. The molecule has 92 valence electrons. The molecule has 0 heterocycles. The molecule has 0 aliphatic heterocycles. The lowest BCUT2D eigenvalue weighted by molar-refractivity contribution is 0.613. The van der Waals surface area contributed by atoms with Gasteiger partial charge in [0.05, 0.1) is 6.54 Å². The summed E-state index contributed by atoms with van der Waals surface area (Å²) in [6, 6.07) is 0.569. The Bertz CT molecular complexity index is 257. The van der Waals surface area contributed by atoms with Gasteiger partial charge in [-0.1, -0.05) is 12.8 Å². The molecule has 0 unspecified atom stereocenters. The van der Waals surface area contributed by atoms with Crippen LogP contribution in [0.3, 0.4) is 0 Å². The van der Waals surface area contributed by atoms with Gasteiger partial charge in [0.25, 0.3) is 0 Å². The second-order valence-electron chi connectivity index (χ2n) is 4.82. The highest BCUT2D eigenvalue weighted by atomic mass is 32.2. The molecule has 4 nitrogen and oxygen atoms in total. The van der Waals surface area contributed by atoms with Crippen molar-refractivity contribution in [3.8, 4) is 0 Å². The smallest absolute Gasteiger partial charge is 0.205 e. The summed E-state index contributed by atoms with van der Waals surface area (Å²) in [4.78, 5) is 4.56. The second kappa shape index (κ2) is 5.27. The van der Waals surface area contributed by atoms with Crippen LogP contribution >= 0.6 is 11.8 Å². The van der Waals surface area contributed by atoms with Gasteiger partial charge in [0.15, 0.2) is 0 Å². The maximum atomic E-state index is 5.49. The van der Waals surface area contributed by atoms with Crippen LogP contribution in [0.15, 0.2) is 4.99 Å². The normalized spacial score (nSPS) is 24.5. The van der Waals surface area contributed by atoms with Crippen LogP contribution in [0.1, 0.15) is 38.5 Å². The van der Waals surface area contributed by atoms with E-state index in [2.05, 4.69) is 22.0 Å². The van der Waals surface area contributed by atoms with Crippen molar-refractivity contribution in [1.29, 1.82) is 0 Å². The number of nitrogens with one attached hydrogen (secondary N) is 2. The van der Waals surface area contributed by atoms with Crippen LogP contribution in [0.4, 0.5) is 0 Å². The summed E-state index contributed by atoms with van der Waals surface area (Å²) in [5, 5.41) is 3.39. The number of nitrogens with zero attached hydrogens (tertiary/aromatic N) is 1. The van der Waals surface area contributed by atoms with E-state index < -0.39 is 0 Å². The minimum atomic E-state index is 0.416. The molecule has 0 saturated heterocycles. The van der Waals surface area contributed by atoms with Crippen molar-refractivity contribution in [2.75, 3.05) is 12.8 Å². The fourth-order valence-corrected chi connectivity index (χ4v) is 2.89. The highest BCUT2D eigenvalue weighted by Crippen LogP contribution is 2.47. The fraction of sp³-hybridized carbons (Fsp3) is 0.909. The molecule has 0 aromatic heterocycles. The summed E-state index contributed by atoms with van der Waals surface area (Å²) in [5.74, 6) is 6.26. The van der Waals surface area contributed by atoms with Gasteiger partial charge in [-0.2, -0.15) is 11.8 Å². The first-order chi connectivity index (χ1) is 7.78. The van der Waals surface area contributed by atoms with Gasteiger partial charge in [0.1, 0.15) is 0 Å². The minimum Gasteiger partial charge on any atom is -0.353 e. The van der Waals surface area contributed by atoms with Gasteiger partial charge in [-0.05, 0) is 31.9 Å². The quantitative estimate of drug-likeness (QED) is 0.300. The topological polar surface area (TPSA) is 62.4 Å². The lowest BCUT2D eigenvalue weighted by Gasteiger charge is -2.16. The Morgan fingerprint density at radius 1 is 1.44 bits per heavy atom. The first-order valence-electron chi connectivity index (χ1n) is 6.11. The van der Waals surface area contributed by atoms with Crippen molar-refractivity contribution < 1.29 is 0 Å². The molecular weight excluding hydrogens is 220 g/mol. The van der Waals surface area contributed by atoms with Crippen molar-refractivity contribution in [3.05, 3.63) is 0 Å². The standard InChI is InChI=1S/C11H22N4S/c1-16-11(6-7-11)8-13-10(15-12)14-9-4-2-3-5-9/h9H,2-8,12H2,1H3,(H2,13,14,15). The number of hydrogen-bond donors (Lipinski definition) is 3. The van der Waals surface area contributed by atoms with Crippen molar-refractivity contribution in [2.45, 2.75) is 49.3 Å². The molecule has 4 N–H and O–H groups in total. The molecule has 2 rings (SSSR count). The zero-order valence-electron chi connectivity index (χ0n) is 9.96. The van der Waals surface area contributed by atoms with Crippen molar-refractivity contribution >= 4 is 17.7 Å². The van der Waals surface area contributed by atoms with E-state index in [0.717, 1.165) is 12.5 Å². The monoisotopic (exact) mass is 242 g/mol. The summed E-state index contributed by atoms with van der Waals surface area (Å²) in [5.41, 5.74) is 2.68. The maximum absolute atomic E-state index is 5.49. The summed E-state index contributed by atoms with van der Waals surface area (Å²) in [6.45, 7) is 0.882. The Labute approximate surface area is 102 Å². The summed E-state index contributed by atoms with van der Waals surface area (Å²) in [7, 11) is 0. The largest absolute Gasteiger partial charge is 0.353 e. The van der Waals surface area contributed by atoms with E-state index in [-0.39, 0.29) is 0 Å². The van der Waals surface area contributed by atoms with Crippen LogP contribution < -0.4 is 16.6 Å². The predicted octanol–water partition coefficient (Wildman–Crippen LogP) is 1.23. The number of rotatable bonds is 4. The Balaban J connectivity index is 1.81. The maximum Gasteiger partial charge on any atom is 0.205 e. The molecule has 0 aromatic carbocycles. The first-order valence-corrected chi connectivity index (χ1v) is 7.33. The summed E-state index contributed by atoms with van der Waals surface area (Å²) >= 11 is 1.93. The van der Waals surface area contributed by atoms with Crippen LogP contribution in [-0.4, -0.2) is 29.5 Å². The van der Waals surface area contributed by atoms with E-state index in [9.17, 15) is 0 Å². The predicted molar refractivity (Wildman–Crippen MR) is 70.5 cm³/mol. The van der Waals surface area contributed by atoms with Gasteiger partial charge >= 0.3 is 0 Å². The van der Waals surface area contributed by atoms with Gasteiger partial charge < -0.3 is 5.32 Å². The zero-order valence-corrected chi connectivity index (χ0v) is 10.8. The van der Waals surface area contributed by atoms with E-state index in [1.54, 1.807) is 0 Å². The van der Waals surface area contributed by atoms with E-state index in [1.807, 2.05) is 11.8 Å². The fourth-order valence-electron chi connectivity index (χ4n) is 2.19. The molecule has 0 amide bonds. The highest BCUT2D eigenvalue weighted by Gasteiger charge is 2.41. The molecule has 2 aliphatic carbocycles. The molecule has 2 fully saturated rings. The molecule has 0 radical (unpaired) electrons. The molecule has 5 heteroatoms. The third-order valence-electron chi connectivity index (χ3n) is 3.60. The van der Waals surface area contributed by atoms with Crippen LogP contribution in [-0.2, 0) is 0 Å². The van der Waals surface area contributed by atoms with E-state index in [0.29, 0.717) is 10.8 Å². The summed E-state index contributed by atoms with van der Waals surface area (Å²) in [6.07, 6.45) is 9.89. The van der Waals surface area contributed by atoms with Crippen LogP contribution in [0, 0.1) is 0 Å². The average molecular weight is 242 g/mol. The lowest BCUT2D eigenvalue weighted by Crippen LogP contribution is -2.46. The van der Waals surface area contributed by atoms with Gasteiger partial charge in [-0.3, -0.25) is 10.4 Å². The first kappa shape index (κ1) is 12.0. The Morgan fingerprint density at radius 3 is 2.62 bits per heavy atom. The number of aliphatic imine (C=N–C) groups is 1. The lowest BCUT2D eigenvalue weighted by atomic mass is 10.2. The highest BCUT2D eigenvalue weighted by molar-refractivity contribution is 8.00. The van der Waals surface area contributed by atoms with E-state index >= 15 is 0 Å². The molecule has 0 bridgehead atoms. The third-order valence-corrected chi connectivity index (χ3v) is 5.00. The van der Waals surface area contributed by atoms with Crippen LogP contribution in [0.25, 0.3) is 0 Å². The number of hydrazine groups is 1. The molecule has 16 heavy (non-hydrogen) atoms. The second-order valence-corrected chi connectivity index (χ2v) is 6.10. The third kappa shape index (κ3) is 3.04. The molecule has 0 spiro atoms. The Kier molecular flexibility index (Phi) is 3.97. The SMILES string of the molecule is CSC1(CN=C(NN)NC2CCCC2)CC1. The Hall–Kier alpha value is -0.420. The van der Waals surface area contributed by atoms with Gasteiger partial charge in [0.2, 0.25) is 5.96 Å². The molecular formula is C11H22N4S. The van der Waals surface area contributed by atoms with Crippen LogP contribution in [0.5, 0.6) is 0 Å². The average Bonchev–Trinajstić information content (AvgIpc) is 2.92. The number of nitrogens with two attached hydrogens (primary N) is 1. The summed E-state index contributed by atoms with van der Waals surface area (Å²) < 4.78 is 0.416. The van der Waals surface area contributed by atoms with Crippen molar-refractivity contribution in [3.63, 3.8) is 0 Å². The number of hydrogen-bond acceptors (Lipinski definition) is 3. The van der Waals surface area contributed by atoms with E-state index in [4.69, 9.17) is 5.84 Å². The minimum absolute atomic E-state index is 0.416. The Morgan fingerprint density at radius 2 is 2.12 bits per heavy atom. The van der Waals surface area contributed by atoms with Crippen LogP contribution in [0.2, 0.25) is 0 Å². The number of guanidine groups is 1. The van der Waals surface area contributed by atoms with E-state index in [1.165, 1.54) is 38.5 Å². The molecule has 2 aliphatic rings. The number of thioether (sulfide) groups is 1. The van der Waals surface area contributed by atoms with Gasteiger partial charge in [-0.15, -0.1) is 0 Å². The molecule has 0 aromatic rings. The van der Waals surface area contributed by atoms with Gasteiger partial charge in [0, 0.05) is 10.8 Å². The van der Waals surface area contributed by atoms with Gasteiger partial charge in [-0.25, -0.2) is 5.84 Å². The molecule has 0 atom stereocenters.